The van der Waals surface area contributed by atoms with Crippen molar-refractivity contribution in [2.75, 3.05) is 11.9 Å². The van der Waals surface area contributed by atoms with Gasteiger partial charge in [0.1, 0.15) is 19.2 Å². The standard InChI is InChI=1S/C12H11N5O/c1-16(11-4-2-10(6-13)3-5-11)12(18)7-17-9-14-8-15-17/h2-5,8-9H,7H2,1H3. The number of amides is 1. The first-order valence-electron chi connectivity index (χ1n) is 5.30. The second-order valence-corrected chi connectivity index (χ2v) is 3.70. The maximum atomic E-state index is 11.9. The molecule has 18 heavy (non-hydrogen) atoms. The van der Waals surface area contributed by atoms with E-state index in [0.717, 1.165) is 5.69 Å². The fourth-order valence-corrected chi connectivity index (χ4v) is 1.46. The van der Waals surface area contributed by atoms with Crippen molar-refractivity contribution in [3.05, 3.63) is 42.5 Å². The number of hydrogen-bond acceptors (Lipinski definition) is 4. The van der Waals surface area contributed by atoms with Crippen LogP contribution in [-0.2, 0) is 11.3 Å². The Hall–Kier alpha value is -2.68. The third kappa shape index (κ3) is 2.52. The van der Waals surface area contributed by atoms with Gasteiger partial charge in [0.05, 0.1) is 11.6 Å². The summed E-state index contributed by atoms with van der Waals surface area (Å²) < 4.78 is 1.46. The van der Waals surface area contributed by atoms with Gasteiger partial charge < -0.3 is 4.90 Å². The quantitative estimate of drug-likeness (QED) is 0.797. The van der Waals surface area contributed by atoms with Gasteiger partial charge in [0.25, 0.3) is 0 Å². The maximum Gasteiger partial charge on any atom is 0.248 e. The number of carbonyl (C=O) groups is 1. The molecule has 1 amide bonds. The van der Waals surface area contributed by atoms with Gasteiger partial charge in [0.2, 0.25) is 5.91 Å². The van der Waals surface area contributed by atoms with Gasteiger partial charge in [-0.1, -0.05) is 0 Å². The molecule has 1 heterocycles. The molecule has 0 saturated heterocycles. The number of likely N-dealkylation sites (N-methyl/N-ethyl adjacent to an activating group) is 1. The number of benzene rings is 1. The van der Waals surface area contributed by atoms with Gasteiger partial charge in [-0.2, -0.15) is 10.4 Å². The van der Waals surface area contributed by atoms with E-state index in [4.69, 9.17) is 5.26 Å². The second-order valence-electron chi connectivity index (χ2n) is 3.70. The van der Waals surface area contributed by atoms with Crippen LogP contribution >= 0.6 is 0 Å². The molecule has 0 aliphatic heterocycles. The third-order valence-electron chi connectivity index (χ3n) is 2.52. The molecule has 0 bridgehead atoms. The van der Waals surface area contributed by atoms with E-state index >= 15 is 0 Å². The van der Waals surface area contributed by atoms with Crippen LogP contribution in [-0.4, -0.2) is 27.7 Å². The SMILES string of the molecule is CN(C(=O)Cn1cncn1)c1ccc(C#N)cc1. The highest BCUT2D eigenvalue weighted by Crippen LogP contribution is 2.13. The van der Waals surface area contributed by atoms with Crippen molar-refractivity contribution in [2.24, 2.45) is 0 Å². The molecule has 6 heteroatoms. The Morgan fingerprint density at radius 3 is 2.72 bits per heavy atom. The Balaban J connectivity index is 2.08. The molecule has 90 valence electrons. The summed E-state index contributed by atoms with van der Waals surface area (Å²) in [4.78, 5) is 17.2. The van der Waals surface area contributed by atoms with Gasteiger partial charge in [0, 0.05) is 12.7 Å². The van der Waals surface area contributed by atoms with E-state index in [1.165, 1.54) is 22.2 Å². The lowest BCUT2D eigenvalue weighted by Crippen LogP contribution is -2.30. The Morgan fingerprint density at radius 2 is 2.17 bits per heavy atom. The molecule has 1 aromatic carbocycles. The lowest BCUT2D eigenvalue weighted by atomic mass is 10.2. The summed E-state index contributed by atoms with van der Waals surface area (Å²) >= 11 is 0. The summed E-state index contributed by atoms with van der Waals surface area (Å²) in [7, 11) is 1.68. The van der Waals surface area contributed by atoms with Crippen LogP contribution in [0, 0.1) is 11.3 Å². The van der Waals surface area contributed by atoms with Crippen molar-refractivity contribution in [1.29, 1.82) is 5.26 Å². The number of aromatic nitrogens is 3. The Kier molecular flexibility index (Phi) is 3.34. The molecule has 0 saturated carbocycles. The summed E-state index contributed by atoms with van der Waals surface area (Å²) in [5.74, 6) is -0.106. The van der Waals surface area contributed by atoms with Crippen molar-refractivity contribution in [3.8, 4) is 6.07 Å². The third-order valence-corrected chi connectivity index (χ3v) is 2.52. The number of rotatable bonds is 3. The van der Waals surface area contributed by atoms with Crippen molar-refractivity contribution >= 4 is 11.6 Å². The zero-order valence-electron chi connectivity index (χ0n) is 9.82. The monoisotopic (exact) mass is 241 g/mol. The fourth-order valence-electron chi connectivity index (χ4n) is 1.46. The minimum Gasteiger partial charge on any atom is -0.314 e. The zero-order chi connectivity index (χ0) is 13.0. The highest BCUT2D eigenvalue weighted by molar-refractivity contribution is 5.92. The molecule has 0 atom stereocenters. The molecule has 0 N–H and O–H groups in total. The van der Waals surface area contributed by atoms with Crippen molar-refractivity contribution in [3.63, 3.8) is 0 Å². The summed E-state index contributed by atoms with van der Waals surface area (Å²) in [6.07, 6.45) is 2.87. The largest absolute Gasteiger partial charge is 0.314 e. The van der Waals surface area contributed by atoms with E-state index < -0.39 is 0 Å². The highest BCUT2D eigenvalue weighted by Gasteiger charge is 2.11. The van der Waals surface area contributed by atoms with Crippen LogP contribution < -0.4 is 4.90 Å². The molecule has 2 rings (SSSR count). The van der Waals surface area contributed by atoms with E-state index in [9.17, 15) is 4.79 Å². The molecule has 0 aliphatic carbocycles. The van der Waals surface area contributed by atoms with Crippen molar-refractivity contribution in [2.45, 2.75) is 6.54 Å². The first-order valence-corrected chi connectivity index (χ1v) is 5.30. The average Bonchev–Trinajstić information content (AvgIpc) is 2.91. The molecule has 0 unspecified atom stereocenters. The number of nitriles is 1. The Morgan fingerprint density at radius 1 is 1.44 bits per heavy atom. The van der Waals surface area contributed by atoms with E-state index in [2.05, 4.69) is 10.1 Å². The van der Waals surface area contributed by atoms with Gasteiger partial charge in [-0.05, 0) is 24.3 Å². The molecule has 6 nitrogen and oxygen atoms in total. The average molecular weight is 241 g/mol. The lowest BCUT2D eigenvalue weighted by molar-refractivity contribution is -0.119. The molecular weight excluding hydrogens is 230 g/mol. The molecule has 0 fully saturated rings. The van der Waals surface area contributed by atoms with Gasteiger partial charge in [-0.25, -0.2) is 9.67 Å². The normalized spacial score (nSPS) is 9.78. The van der Waals surface area contributed by atoms with Gasteiger partial charge >= 0.3 is 0 Å². The predicted molar refractivity (Wildman–Crippen MR) is 64.6 cm³/mol. The number of anilines is 1. The predicted octanol–water partition coefficient (Wildman–Crippen LogP) is 0.813. The number of carbonyl (C=O) groups excluding carboxylic acids is 1. The molecule has 0 spiro atoms. The van der Waals surface area contributed by atoms with Crippen molar-refractivity contribution in [1.82, 2.24) is 14.8 Å². The first kappa shape index (κ1) is 11.8. The second kappa shape index (κ2) is 5.10. The number of nitrogens with zero attached hydrogens (tertiary/aromatic N) is 5. The maximum absolute atomic E-state index is 11.9. The highest BCUT2D eigenvalue weighted by atomic mass is 16.2. The van der Waals surface area contributed by atoms with E-state index in [1.807, 2.05) is 6.07 Å². The zero-order valence-corrected chi connectivity index (χ0v) is 9.82. The van der Waals surface area contributed by atoms with Crippen LogP contribution in [0.15, 0.2) is 36.9 Å². The molecule has 0 aliphatic rings. The minimum atomic E-state index is -0.106. The van der Waals surface area contributed by atoms with Gasteiger partial charge in [-0.15, -0.1) is 0 Å². The first-order chi connectivity index (χ1) is 8.70. The fraction of sp³-hybridized carbons (Fsp3) is 0.167. The topological polar surface area (TPSA) is 74.8 Å². The molecule has 2 aromatic rings. The van der Waals surface area contributed by atoms with Crippen LogP contribution in [0.4, 0.5) is 5.69 Å². The number of hydrogen-bond donors (Lipinski definition) is 0. The van der Waals surface area contributed by atoms with Crippen LogP contribution in [0.1, 0.15) is 5.56 Å². The van der Waals surface area contributed by atoms with E-state index in [1.54, 1.807) is 31.3 Å². The minimum absolute atomic E-state index is 0.106. The van der Waals surface area contributed by atoms with Crippen LogP contribution in [0.3, 0.4) is 0 Å². The van der Waals surface area contributed by atoms with Gasteiger partial charge in [0.15, 0.2) is 0 Å². The molecule has 0 radical (unpaired) electrons. The smallest absolute Gasteiger partial charge is 0.248 e. The van der Waals surface area contributed by atoms with E-state index in [0.29, 0.717) is 5.56 Å². The van der Waals surface area contributed by atoms with Crippen LogP contribution in [0.5, 0.6) is 0 Å². The van der Waals surface area contributed by atoms with Crippen LogP contribution in [0.2, 0.25) is 0 Å². The molecule has 1 aromatic heterocycles. The summed E-state index contributed by atoms with van der Waals surface area (Å²) in [6, 6.07) is 8.85. The van der Waals surface area contributed by atoms with Crippen molar-refractivity contribution < 1.29 is 4.79 Å². The summed E-state index contributed by atoms with van der Waals surface area (Å²) in [5.41, 5.74) is 1.30. The van der Waals surface area contributed by atoms with Gasteiger partial charge in [-0.3, -0.25) is 4.79 Å². The Bertz CT molecular complexity index is 568. The molecular formula is C12H11N5O. The van der Waals surface area contributed by atoms with Crippen LogP contribution in [0.25, 0.3) is 0 Å². The lowest BCUT2D eigenvalue weighted by Gasteiger charge is -2.17. The summed E-state index contributed by atoms with van der Waals surface area (Å²) in [6.45, 7) is 0.135. The Labute approximate surface area is 104 Å². The van der Waals surface area contributed by atoms with E-state index in [-0.39, 0.29) is 12.5 Å². The summed E-state index contributed by atoms with van der Waals surface area (Å²) in [5, 5.41) is 12.6.